The topological polar surface area (TPSA) is 24.9 Å². The SMILES string of the molecule is Cc1ccc2nc(NCc3ccc(Cl)cc3Cl)sc2c1. The first-order chi connectivity index (χ1) is 9.61. The van der Waals surface area contributed by atoms with Crippen LogP contribution >= 0.6 is 34.5 Å². The Bertz CT molecular complexity index is 768. The summed E-state index contributed by atoms with van der Waals surface area (Å²) in [5, 5.41) is 5.53. The lowest BCUT2D eigenvalue weighted by Crippen LogP contribution is -1.99. The minimum absolute atomic E-state index is 0.634. The van der Waals surface area contributed by atoms with E-state index in [4.69, 9.17) is 23.2 Å². The molecule has 0 atom stereocenters. The lowest BCUT2D eigenvalue weighted by Gasteiger charge is -2.05. The van der Waals surface area contributed by atoms with Crippen molar-refractivity contribution in [2.45, 2.75) is 13.5 Å². The highest BCUT2D eigenvalue weighted by molar-refractivity contribution is 7.22. The van der Waals surface area contributed by atoms with Crippen LogP contribution in [0.2, 0.25) is 10.0 Å². The second-order valence-electron chi connectivity index (χ2n) is 4.58. The van der Waals surface area contributed by atoms with E-state index in [0.29, 0.717) is 16.6 Å². The van der Waals surface area contributed by atoms with E-state index in [0.717, 1.165) is 16.2 Å². The van der Waals surface area contributed by atoms with Crippen LogP contribution in [-0.4, -0.2) is 4.98 Å². The molecule has 20 heavy (non-hydrogen) atoms. The average molecular weight is 323 g/mol. The third-order valence-electron chi connectivity index (χ3n) is 2.99. The first-order valence-corrected chi connectivity index (χ1v) is 7.74. The van der Waals surface area contributed by atoms with Gasteiger partial charge in [0.25, 0.3) is 0 Å². The zero-order chi connectivity index (χ0) is 14.1. The maximum Gasteiger partial charge on any atom is 0.184 e. The number of halogens is 2. The average Bonchev–Trinajstić information content (AvgIpc) is 2.79. The molecular weight excluding hydrogens is 311 g/mol. The first-order valence-electron chi connectivity index (χ1n) is 6.17. The maximum atomic E-state index is 6.15. The second kappa shape index (κ2) is 5.60. The Morgan fingerprint density at radius 1 is 1.15 bits per heavy atom. The number of benzene rings is 2. The van der Waals surface area contributed by atoms with Gasteiger partial charge >= 0.3 is 0 Å². The number of hydrogen-bond donors (Lipinski definition) is 1. The summed E-state index contributed by atoms with van der Waals surface area (Å²) >= 11 is 13.7. The summed E-state index contributed by atoms with van der Waals surface area (Å²) in [5.41, 5.74) is 3.27. The summed E-state index contributed by atoms with van der Waals surface area (Å²) in [6, 6.07) is 11.8. The van der Waals surface area contributed by atoms with Crippen LogP contribution in [0.4, 0.5) is 5.13 Å². The molecule has 1 aromatic heterocycles. The molecule has 3 rings (SSSR count). The van der Waals surface area contributed by atoms with Crippen LogP contribution in [0, 0.1) is 6.92 Å². The van der Waals surface area contributed by atoms with E-state index >= 15 is 0 Å². The van der Waals surface area contributed by atoms with Crippen molar-refractivity contribution in [3.8, 4) is 0 Å². The fraction of sp³-hybridized carbons (Fsp3) is 0.133. The largest absolute Gasteiger partial charge is 0.357 e. The molecule has 1 heterocycles. The molecule has 1 N–H and O–H groups in total. The number of nitrogens with zero attached hydrogens (tertiary/aromatic N) is 1. The third-order valence-corrected chi connectivity index (χ3v) is 4.55. The number of aryl methyl sites for hydroxylation is 1. The number of nitrogens with one attached hydrogen (secondary N) is 1. The van der Waals surface area contributed by atoms with E-state index in [1.54, 1.807) is 17.4 Å². The Morgan fingerprint density at radius 2 is 2.00 bits per heavy atom. The standard InChI is InChI=1S/C15H12Cl2N2S/c1-9-2-5-13-14(6-9)20-15(19-13)18-8-10-3-4-11(16)7-12(10)17/h2-7H,8H2,1H3,(H,18,19). The van der Waals surface area contributed by atoms with Crippen molar-refractivity contribution in [3.05, 3.63) is 57.6 Å². The molecule has 0 aliphatic heterocycles. The fourth-order valence-corrected chi connectivity index (χ4v) is 3.38. The summed E-state index contributed by atoms with van der Waals surface area (Å²) < 4.78 is 1.19. The molecule has 0 aliphatic rings. The highest BCUT2D eigenvalue weighted by atomic mass is 35.5. The van der Waals surface area contributed by atoms with Gasteiger partial charge in [-0.15, -0.1) is 0 Å². The number of hydrogen-bond acceptors (Lipinski definition) is 3. The molecule has 0 bridgehead atoms. The Balaban J connectivity index is 1.79. The van der Waals surface area contributed by atoms with E-state index in [9.17, 15) is 0 Å². The molecule has 0 fully saturated rings. The number of aromatic nitrogens is 1. The van der Waals surface area contributed by atoms with Gasteiger partial charge in [-0.05, 0) is 42.3 Å². The van der Waals surface area contributed by atoms with Crippen molar-refractivity contribution in [2.75, 3.05) is 5.32 Å². The lowest BCUT2D eigenvalue weighted by atomic mass is 10.2. The van der Waals surface area contributed by atoms with Gasteiger partial charge in [-0.2, -0.15) is 0 Å². The van der Waals surface area contributed by atoms with Crippen molar-refractivity contribution in [3.63, 3.8) is 0 Å². The monoisotopic (exact) mass is 322 g/mol. The first kappa shape index (κ1) is 13.7. The quantitative estimate of drug-likeness (QED) is 0.686. The van der Waals surface area contributed by atoms with E-state index in [2.05, 4.69) is 29.4 Å². The molecule has 0 aliphatic carbocycles. The van der Waals surface area contributed by atoms with Gasteiger partial charge in [0, 0.05) is 16.6 Å². The summed E-state index contributed by atoms with van der Waals surface area (Å²) in [5.74, 6) is 0. The fourth-order valence-electron chi connectivity index (χ4n) is 1.94. The predicted octanol–water partition coefficient (Wildman–Crippen LogP) is 5.52. The van der Waals surface area contributed by atoms with Crippen LogP contribution in [0.5, 0.6) is 0 Å². The van der Waals surface area contributed by atoms with Gasteiger partial charge in [-0.25, -0.2) is 4.98 Å². The number of anilines is 1. The normalized spacial score (nSPS) is 10.9. The van der Waals surface area contributed by atoms with Crippen LogP contribution in [0.1, 0.15) is 11.1 Å². The Morgan fingerprint density at radius 3 is 2.80 bits per heavy atom. The highest BCUT2D eigenvalue weighted by Crippen LogP contribution is 2.28. The van der Waals surface area contributed by atoms with E-state index in [1.807, 2.05) is 18.2 Å². The summed E-state index contributed by atoms with van der Waals surface area (Å²) in [4.78, 5) is 4.55. The third kappa shape index (κ3) is 2.90. The predicted molar refractivity (Wildman–Crippen MR) is 88.1 cm³/mol. The van der Waals surface area contributed by atoms with Crippen LogP contribution in [0.15, 0.2) is 36.4 Å². The van der Waals surface area contributed by atoms with E-state index < -0.39 is 0 Å². The molecular formula is C15H12Cl2N2S. The van der Waals surface area contributed by atoms with Crippen molar-refractivity contribution in [1.29, 1.82) is 0 Å². The van der Waals surface area contributed by atoms with E-state index in [-0.39, 0.29) is 0 Å². The zero-order valence-corrected chi connectivity index (χ0v) is 13.1. The number of thiazole rings is 1. The Hall–Kier alpha value is -1.29. The Labute approximate surface area is 131 Å². The van der Waals surface area contributed by atoms with Crippen LogP contribution in [0.3, 0.4) is 0 Å². The molecule has 3 aromatic rings. The molecule has 5 heteroatoms. The minimum Gasteiger partial charge on any atom is -0.357 e. The van der Waals surface area contributed by atoms with Crippen molar-refractivity contribution < 1.29 is 0 Å². The maximum absolute atomic E-state index is 6.15. The molecule has 2 aromatic carbocycles. The van der Waals surface area contributed by atoms with Gasteiger partial charge in [-0.1, -0.05) is 46.7 Å². The number of fused-ring (bicyclic) bond motifs is 1. The van der Waals surface area contributed by atoms with Gasteiger partial charge in [0.05, 0.1) is 10.2 Å². The molecule has 0 amide bonds. The van der Waals surface area contributed by atoms with Crippen LogP contribution in [-0.2, 0) is 6.54 Å². The van der Waals surface area contributed by atoms with Crippen LogP contribution in [0.25, 0.3) is 10.2 Å². The molecule has 0 spiro atoms. The second-order valence-corrected chi connectivity index (χ2v) is 6.45. The van der Waals surface area contributed by atoms with Gasteiger partial charge in [0.2, 0.25) is 0 Å². The van der Waals surface area contributed by atoms with Crippen LogP contribution < -0.4 is 5.32 Å². The molecule has 2 nitrogen and oxygen atoms in total. The van der Waals surface area contributed by atoms with Gasteiger partial charge in [0.1, 0.15) is 0 Å². The Kier molecular flexibility index (Phi) is 3.83. The zero-order valence-electron chi connectivity index (χ0n) is 10.8. The summed E-state index contributed by atoms with van der Waals surface area (Å²) in [7, 11) is 0. The summed E-state index contributed by atoms with van der Waals surface area (Å²) in [6.07, 6.45) is 0. The molecule has 0 unspecified atom stereocenters. The molecule has 0 saturated heterocycles. The van der Waals surface area contributed by atoms with Crippen molar-refractivity contribution >= 4 is 49.9 Å². The molecule has 102 valence electrons. The minimum atomic E-state index is 0.634. The van der Waals surface area contributed by atoms with E-state index in [1.165, 1.54) is 10.3 Å². The number of rotatable bonds is 3. The van der Waals surface area contributed by atoms with Crippen molar-refractivity contribution in [1.82, 2.24) is 4.98 Å². The van der Waals surface area contributed by atoms with Gasteiger partial charge < -0.3 is 5.32 Å². The van der Waals surface area contributed by atoms with Gasteiger partial charge in [0.15, 0.2) is 5.13 Å². The molecule has 0 radical (unpaired) electrons. The smallest absolute Gasteiger partial charge is 0.184 e. The molecule has 0 saturated carbocycles. The van der Waals surface area contributed by atoms with Gasteiger partial charge in [-0.3, -0.25) is 0 Å². The summed E-state index contributed by atoms with van der Waals surface area (Å²) in [6.45, 7) is 2.72. The lowest BCUT2D eigenvalue weighted by molar-refractivity contribution is 1.14. The highest BCUT2D eigenvalue weighted by Gasteiger charge is 2.05. The van der Waals surface area contributed by atoms with Crippen molar-refractivity contribution in [2.24, 2.45) is 0 Å².